The summed E-state index contributed by atoms with van der Waals surface area (Å²) in [6, 6.07) is 0.657. The maximum atomic E-state index is 5.01. The summed E-state index contributed by atoms with van der Waals surface area (Å²) >= 11 is 0. The number of methoxy groups -OCH3 is 1. The van der Waals surface area contributed by atoms with Crippen molar-refractivity contribution in [3.05, 3.63) is 12.4 Å². The van der Waals surface area contributed by atoms with Gasteiger partial charge in [-0.05, 0) is 12.8 Å². The molecule has 1 heterocycles. The topological polar surface area (TPSA) is 39.1 Å². The minimum Gasteiger partial charge on any atom is -0.383 e. The zero-order valence-electron chi connectivity index (χ0n) is 9.28. The molecule has 0 aromatic carbocycles. The fourth-order valence-corrected chi connectivity index (χ4v) is 2.05. The lowest BCUT2D eigenvalue weighted by Gasteiger charge is -2.10. The summed E-state index contributed by atoms with van der Waals surface area (Å²) in [6.07, 6.45) is 9.25. The van der Waals surface area contributed by atoms with Crippen LogP contribution >= 0.6 is 0 Å². The van der Waals surface area contributed by atoms with Gasteiger partial charge in [-0.15, -0.1) is 0 Å². The number of hydrogen-bond acceptors (Lipinski definition) is 3. The first-order valence-electron chi connectivity index (χ1n) is 5.66. The Labute approximate surface area is 90.6 Å². The Kier molecular flexibility index (Phi) is 3.61. The van der Waals surface area contributed by atoms with Crippen LogP contribution in [0.4, 0.5) is 5.69 Å². The molecule has 15 heavy (non-hydrogen) atoms. The Morgan fingerprint density at radius 3 is 3.07 bits per heavy atom. The van der Waals surface area contributed by atoms with Crippen LogP contribution in [0.5, 0.6) is 0 Å². The predicted octanol–water partition coefficient (Wildman–Crippen LogP) is 1.88. The van der Waals surface area contributed by atoms with E-state index in [1.54, 1.807) is 7.11 Å². The molecule has 0 radical (unpaired) electrons. The number of aromatic nitrogens is 2. The van der Waals surface area contributed by atoms with Gasteiger partial charge in [-0.25, -0.2) is 0 Å². The number of ether oxygens (including phenoxy) is 1. The largest absolute Gasteiger partial charge is 0.383 e. The molecular formula is C11H19N3O. The molecule has 1 saturated carbocycles. The summed E-state index contributed by atoms with van der Waals surface area (Å²) in [6.45, 7) is 1.54. The van der Waals surface area contributed by atoms with Gasteiger partial charge in [0.05, 0.1) is 25.0 Å². The van der Waals surface area contributed by atoms with E-state index >= 15 is 0 Å². The van der Waals surface area contributed by atoms with Gasteiger partial charge in [0.25, 0.3) is 0 Å². The summed E-state index contributed by atoms with van der Waals surface area (Å²) in [4.78, 5) is 0. The molecule has 1 aliphatic rings. The van der Waals surface area contributed by atoms with Crippen LogP contribution in [-0.2, 0) is 11.3 Å². The zero-order valence-corrected chi connectivity index (χ0v) is 9.28. The molecule has 2 rings (SSSR count). The van der Waals surface area contributed by atoms with E-state index in [1.165, 1.54) is 25.7 Å². The highest BCUT2D eigenvalue weighted by molar-refractivity contribution is 5.39. The minimum atomic E-state index is 0.657. The zero-order chi connectivity index (χ0) is 10.5. The Morgan fingerprint density at radius 1 is 1.53 bits per heavy atom. The summed E-state index contributed by atoms with van der Waals surface area (Å²) in [5, 5.41) is 7.78. The van der Waals surface area contributed by atoms with E-state index in [0.717, 1.165) is 12.2 Å². The van der Waals surface area contributed by atoms with Crippen LogP contribution in [0.1, 0.15) is 25.7 Å². The van der Waals surface area contributed by atoms with Crippen LogP contribution in [0.15, 0.2) is 12.4 Å². The standard InChI is InChI=1S/C11H19N3O/c1-15-7-6-14-9-11(8-12-14)13-10-4-2-3-5-10/h8-10,13H,2-7H2,1H3. The monoisotopic (exact) mass is 209 g/mol. The first-order chi connectivity index (χ1) is 7.38. The van der Waals surface area contributed by atoms with Crippen molar-refractivity contribution >= 4 is 5.69 Å². The lowest BCUT2D eigenvalue weighted by atomic mass is 10.2. The molecule has 0 atom stereocenters. The second kappa shape index (κ2) is 5.16. The minimum absolute atomic E-state index is 0.657. The molecule has 4 nitrogen and oxygen atoms in total. The molecule has 0 saturated heterocycles. The third kappa shape index (κ3) is 2.96. The van der Waals surface area contributed by atoms with Gasteiger partial charge >= 0.3 is 0 Å². The van der Waals surface area contributed by atoms with Gasteiger partial charge in [-0.1, -0.05) is 12.8 Å². The lowest BCUT2D eigenvalue weighted by molar-refractivity contribution is 0.183. The fraction of sp³-hybridized carbons (Fsp3) is 0.727. The molecule has 1 aliphatic carbocycles. The maximum absolute atomic E-state index is 5.01. The van der Waals surface area contributed by atoms with E-state index in [0.29, 0.717) is 12.6 Å². The van der Waals surface area contributed by atoms with Crippen molar-refractivity contribution in [2.45, 2.75) is 38.3 Å². The van der Waals surface area contributed by atoms with Crippen LogP contribution in [0, 0.1) is 0 Å². The van der Waals surface area contributed by atoms with Gasteiger partial charge in [0, 0.05) is 19.3 Å². The Bertz CT molecular complexity index is 292. The van der Waals surface area contributed by atoms with Crippen molar-refractivity contribution in [3.8, 4) is 0 Å². The summed E-state index contributed by atoms with van der Waals surface area (Å²) in [5.41, 5.74) is 1.14. The first kappa shape index (κ1) is 10.5. The van der Waals surface area contributed by atoms with E-state index in [2.05, 4.69) is 16.6 Å². The average molecular weight is 209 g/mol. The molecule has 84 valence electrons. The van der Waals surface area contributed by atoms with Crippen LogP contribution in [0.3, 0.4) is 0 Å². The number of nitrogens with zero attached hydrogens (tertiary/aromatic N) is 2. The van der Waals surface area contributed by atoms with Gasteiger partial charge in [-0.3, -0.25) is 4.68 Å². The van der Waals surface area contributed by atoms with Crippen LogP contribution in [0.2, 0.25) is 0 Å². The fourth-order valence-electron chi connectivity index (χ4n) is 2.05. The SMILES string of the molecule is COCCn1cc(NC2CCCC2)cn1. The second-order valence-electron chi connectivity index (χ2n) is 4.11. The maximum Gasteiger partial charge on any atom is 0.0728 e. The predicted molar refractivity (Wildman–Crippen MR) is 60.0 cm³/mol. The molecule has 4 heteroatoms. The summed E-state index contributed by atoms with van der Waals surface area (Å²) in [5.74, 6) is 0. The van der Waals surface area contributed by atoms with Gasteiger partial charge in [0.2, 0.25) is 0 Å². The van der Waals surface area contributed by atoms with E-state index in [-0.39, 0.29) is 0 Å². The Balaban J connectivity index is 1.83. The van der Waals surface area contributed by atoms with Crippen LogP contribution < -0.4 is 5.32 Å². The molecule has 0 amide bonds. The smallest absolute Gasteiger partial charge is 0.0728 e. The molecule has 1 fully saturated rings. The number of hydrogen-bond donors (Lipinski definition) is 1. The van der Waals surface area contributed by atoms with Crippen molar-refractivity contribution in [1.82, 2.24) is 9.78 Å². The van der Waals surface area contributed by atoms with E-state index in [4.69, 9.17) is 4.74 Å². The molecular weight excluding hydrogens is 190 g/mol. The highest BCUT2D eigenvalue weighted by atomic mass is 16.5. The normalized spacial score (nSPS) is 17.1. The van der Waals surface area contributed by atoms with Gasteiger partial charge in [0.15, 0.2) is 0 Å². The highest BCUT2D eigenvalue weighted by Crippen LogP contribution is 2.21. The van der Waals surface area contributed by atoms with E-state index < -0.39 is 0 Å². The lowest BCUT2D eigenvalue weighted by Crippen LogP contribution is -2.13. The van der Waals surface area contributed by atoms with Crippen molar-refractivity contribution in [1.29, 1.82) is 0 Å². The van der Waals surface area contributed by atoms with Crippen molar-refractivity contribution in [2.75, 3.05) is 19.0 Å². The number of rotatable bonds is 5. The Morgan fingerprint density at radius 2 is 2.33 bits per heavy atom. The molecule has 1 aromatic heterocycles. The van der Waals surface area contributed by atoms with E-state index in [1.807, 2.05) is 10.9 Å². The quantitative estimate of drug-likeness (QED) is 0.804. The van der Waals surface area contributed by atoms with E-state index in [9.17, 15) is 0 Å². The number of anilines is 1. The molecule has 1 aromatic rings. The van der Waals surface area contributed by atoms with Gasteiger partial charge in [-0.2, -0.15) is 5.10 Å². The first-order valence-corrected chi connectivity index (χ1v) is 5.66. The molecule has 0 spiro atoms. The van der Waals surface area contributed by atoms with Crippen molar-refractivity contribution in [2.24, 2.45) is 0 Å². The Hall–Kier alpha value is -1.03. The molecule has 0 bridgehead atoms. The summed E-state index contributed by atoms with van der Waals surface area (Å²) in [7, 11) is 1.71. The molecule has 0 unspecified atom stereocenters. The average Bonchev–Trinajstić information content (AvgIpc) is 2.87. The second-order valence-corrected chi connectivity index (χ2v) is 4.11. The van der Waals surface area contributed by atoms with Crippen molar-refractivity contribution < 1.29 is 4.74 Å². The number of nitrogens with one attached hydrogen (secondary N) is 1. The van der Waals surface area contributed by atoms with Crippen molar-refractivity contribution in [3.63, 3.8) is 0 Å². The molecule has 0 aliphatic heterocycles. The van der Waals surface area contributed by atoms with Gasteiger partial charge in [0.1, 0.15) is 0 Å². The van der Waals surface area contributed by atoms with Gasteiger partial charge < -0.3 is 10.1 Å². The molecule has 1 N–H and O–H groups in total. The van der Waals surface area contributed by atoms with Crippen LogP contribution in [-0.4, -0.2) is 29.5 Å². The third-order valence-corrected chi connectivity index (χ3v) is 2.88. The highest BCUT2D eigenvalue weighted by Gasteiger charge is 2.14. The summed E-state index contributed by atoms with van der Waals surface area (Å²) < 4.78 is 6.92. The third-order valence-electron chi connectivity index (χ3n) is 2.88. The van der Waals surface area contributed by atoms with Crippen LogP contribution in [0.25, 0.3) is 0 Å².